The lowest BCUT2D eigenvalue weighted by atomic mass is 9.90. The molecule has 0 saturated heterocycles. The number of benzene rings is 1. The Morgan fingerprint density at radius 1 is 1.23 bits per heavy atom. The first kappa shape index (κ1) is 8.76. The van der Waals surface area contributed by atoms with Crippen LogP contribution >= 0.6 is 0 Å². The molecular formula is C12H16O. The Morgan fingerprint density at radius 2 is 1.85 bits per heavy atom. The molecule has 70 valence electrons. The zero-order valence-electron chi connectivity index (χ0n) is 8.20. The third kappa shape index (κ3) is 1.37. The van der Waals surface area contributed by atoms with Crippen LogP contribution in [-0.2, 0) is 0 Å². The molecule has 2 rings (SSSR count). The van der Waals surface area contributed by atoms with Crippen molar-refractivity contribution in [3.63, 3.8) is 0 Å². The van der Waals surface area contributed by atoms with Crippen molar-refractivity contribution >= 4 is 0 Å². The molecule has 1 nitrogen and oxygen atoms in total. The average molecular weight is 176 g/mol. The molecule has 0 spiro atoms. The lowest BCUT2D eigenvalue weighted by Gasteiger charge is -2.14. The zero-order valence-corrected chi connectivity index (χ0v) is 8.20. The first-order valence-electron chi connectivity index (χ1n) is 4.97. The van der Waals surface area contributed by atoms with E-state index in [1.165, 1.54) is 5.56 Å². The summed E-state index contributed by atoms with van der Waals surface area (Å²) < 4.78 is 0. The SMILES string of the molecule is CC(C)C1CC(O)c2ccccc21. The van der Waals surface area contributed by atoms with E-state index in [0.717, 1.165) is 12.0 Å². The van der Waals surface area contributed by atoms with Crippen LogP contribution in [0.1, 0.15) is 43.4 Å². The van der Waals surface area contributed by atoms with Crippen molar-refractivity contribution in [2.45, 2.75) is 32.3 Å². The van der Waals surface area contributed by atoms with Crippen molar-refractivity contribution in [2.75, 3.05) is 0 Å². The van der Waals surface area contributed by atoms with E-state index >= 15 is 0 Å². The second-order valence-electron chi connectivity index (χ2n) is 4.23. The maximum absolute atomic E-state index is 9.80. The molecule has 1 aromatic rings. The minimum Gasteiger partial charge on any atom is -0.388 e. The fourth-order valence-electron chi connectivity index (χ4n) is 2.28. The van der Waals surface area contributed by atoms with Crippen molar-refractivity contribution in [3.8, 4) is 0 Å². The van der Waals surface area contributed by atoms with Crippen molar-refractivity contribution in [1.29, 1.82) is 0 Å². The highest BCUT2D eigenvalue weighted by Crippen LogP contribution is 2.43. The molecule has 0 saturated carbocycles. The second kappa shape index (κ2) is 3.15. The summed E-state index contributed by atoms with van der Waals surface area (Å²) in [6.07, 6.45) is 0.667. The number of aliphatic hydroxyl groups excluding tert-OH is 1. The van der Waals surface area contributed by atoms with Gasteiger partial charge in [-0.25, -0.2) is 0 Å². The Labute approximate surface area is 79.4 Å². The Balaban J connectivity index is 2.41. The quantitative estimate of drug-likeness (QED) is 0.697. The van der Waals surface area contributed by atoms with E-state index in [0.29, 0.717) is 11.8 Å². The molecule has 0 aliphatic heterocycles. The molecule has 2 atom stereocenters. The summed E-state index contributed by atoms with van der Waals surface area (Å²) in [5.41, 5.74) is 2.49. The van der Waals surface area contributed by atoms with Gasteiger partial charge in [-0.3, -0.25) is 0 Å². The summed E-state index contributed by atoms with van der Waals surface area (Å²) in [7, 11) is 0. The van der Waals surface area contributed by atoms with Gasteiger partial charge in [0.1, 0.15) is 0 Å². The van der Waals surface area contributed by atoms with E-state index < -0.39 is 0 Å². The molecule has 0 amide bonds. The molecule has 1 aromatic carbocycles. The molecule has 0 radical (unpaired) electrons. The fraction of sp³-hybridized carbons (Fsp3) is 0.500. The Bertz CT molecular complexity index is 304. The highest BCUT2D eigenvalue weighted by atomic mass is 16.3. The average Bonchev–Trinajstić information content (AvgIpc) is 2.45. The third-order valence-electron chi connectivity index (χ3n) is 3.04. The summed E-state index contributed by atoms with van der Waals surface area (Å²) in [4.78, 5) is 0. The van der Waals surface area contributed by atoms with Crippen molar-refractivity contribution < 1.29 is 5.11 Å². The normalized spacial score (nSPS) is 26.5. The van der Waals surface area contributed by atoms with Gasteiger partial charge in [-0.2, -0.15) is 0 Å². The van der Waals surface area contributed by atoms with E-state index in [4.69, 9.17) is 0 Å². The van der Waals surface area contributed by atoms with Gasteiger partial charge in [0.05, 0.1) is 6.10 Å². The van der Waals surface area contributed by atoms with Gasteiger partial charge in [-0.1, -0.05) is 38.1 Å². The number of fused-ring (bicyclic) bond motifs is 1. The van der Waals surface area contributed by atoms with Gasteiger partial charge in [0, 0.05) is 0 Å². The summed E-state index contributed by atoms with van der Waals surface area (Å²) >= 11 is 0. The van der Waals surface area contributed by atoms with Crippen LogP contribution in [0.5, 0.6) is 0 Å². The van der Waals surface area contributed by atoms with Crippen LogP contribution in [0, 0.1) is 5.92 Å². The largest absolute Gasteiger partial charge is 0.388 e. The Kier molecular flexibility index (Phi) is 2.12. The van der Waals surface area contributed by atoms with E-state index in [1.54, 1.807) is 0 Å². The molecule has 0 bridgehead atoms. The lowest BCUT2D eigenvalue weighted by molar-refractivity contribution is 0.167. The highest BCUT2D eigenvalue weighted by molar-refractivity contribution is 5.37. The number of aliphatic hydroxyl groups is 1. The molecule has 2 unspecified atom stereocenters. The molecule has 0 fully saturated rings. The Morgan fingerprint density at radius 3 is 2.46 bits per heavy atom. The zero-order chi connectivity index (χ0) is 9.42. The molecule has 1 heteroatoms. The van der Waals surface area contributed by atoms with Crippen LogP contribution < -0.4 is 0 Å². The first-order chi connectivity index (χ1) is 6.20. The number of hydrogen-bond donors (Lipinski definition) is 1. The third-order valence-corrected chi connectivity index (χ3v) is 3.04. The molecule has 13 heavy (non-hydrogen) atoms. The number of hydrogen-bond acceptors (Lipinski definition) is 1. The summed E-state index contributed by atoms with van der Waals surface area (Å²) in [5.74, 6) is 1.17. The van der Waals surface area contributed by atoms with Crippen molar-refractivity contribution in [1.82, 2.24) is 0 Å². The predicted molar refractivity (Wildman–Crippen MR) is 53.6 cm³/mol. The second-order valence-corrected chi connectivity index (χ2v) is 4.23. The maximum Gasteiger partial charge on any atom is 0.0798 e. The van der Waals surface area contributed by atoms with Crippen LogP contribution in [0.2, 0.25) is 0 Å². The van der Waals surface area contributed by atoms with Gasteiger partial charge in [-0.15, -0.1) is 0 Å². The molecule has 1 N–H and O–H groups in total. The summed E-state index contributed by atoms with van der Waals surface area (Å²) in [5, 5.41) is 9.80. The van der Waals surface area contributed by atoms with Crippen LogP contribution in [0.3, 0.4) is 0 Å². The standard InChI is InChI=1S/C12H16O/c1-8(2)11-7-12(13)10-6-4-3-5-9(10)11/h3-6,8,11-13H,7H2,1-2H3. The predicted octanol–water partition coefficient (Wildman–Crippen LogP) is 2.86. The minimum absolute atomic E-state index is 0.233. The van der Waals surface area contributed by atoms with Crippen molar-refractivity contribution in [3.05, 3.63) is 35.4 Å². The molecule has 1 aliphatic carbocycles. The maximum atomic E-state index is 9.80. The van der Waals surface area contributed by atoms with E-state index in [2.05, 4.69) is 26.0 Å². The minimum atomic E-state index is -0.233. The lowest BCUT2D eigenvalue weighted by Crippen LogP contribution is -2.02. The summed E-state index contributed by atoms with van der Waals surface area (Å²) in [6.45, 7) is 4.44. The fourth-order valence-corrected chi connectivity index (χ4v) is 2.28. The molecule has 0 heterocycles. The molecule has 1 aliphatic rings. The van der Waals surface area contributed by atoms with Gasteiger partial charge in [0.25, 0.3) is 0 Å². The summed E-state index contributed by atoms with van der Waals surface area (Å²) in [6, 6.07) is 8.26. The first-order valence-corrected chi connectivity index (χ1v) is 4.97. The van der Waals surface area contributed by atoms with Gasteiger partial charge in [0.2, 0.25) is 0 Å². The van der Waals surface area contributed by atoms with E-state index in [-0.39, 0.29) is 6.10 Å². The van der Waals surface area contributed by atoms with Crippen LogP contribution in [0.4, 0.5) is 0 Å². The molecular weight excluding hydrogens is 160 g/mol. The van der Waals surface area contributed by atoms with Gasteiger partial charge in [0.15, 0.2) is 0 Å². The monoisotopic (exact) mass is 176 g/mol. The van der Waals surface area contributed by atoms with Crippen LogP contribution in [-0.4, -0.2) is 5.11 Å². The van der Waals surface area contributed by atoms with Gasteiger partial charge < -0.3 is 5.11 Å². The van der Waals surface area contributed by atoms with E-state index in [1.807, 2.05) is 12.1 Å². The van der Waals surface area contributed by atoms with Gasteiger partial charge in [-0.05, 0) is 29.4 Å². The van der Waals surface area contributed by atoms with Gasteiger partial charge >= 0.3 is 0 Å². The Hall–Kier alpha value is -0.820. The van der Waals surface area contributed by atoms with E-state index in [9.17, 15) is 5.11 Å². The van der Waals surface area contributed by atoms with Crippen molar-refractivity contribution in [2.24, 2.45) is 5.92 Å². The molecule has 0 aromatic heterocycles. The topological polar surface area (TPSA) is 20.2 Å². The number of rotatable bonds is 1. The van der Waals surface area contributed by atoms with Crippen LogP contribution in [0.25, 0.3) is 0 Å². The van der Waals surface area contributed by atoms with Crippen LogP contribution in [0.15, 0.2) is 24.3 Å². The smallest absolute Gasteiger partial charge is 0.0798 e. The highest BCUT2D eigenvalue weighted by Gasteiger charge is 2.30.